The maximum atomic E-state index is 13.9. The molecule has 1 heterocycles. The van der Waals surface area contributed by atoms with Crippen molar-refractivity contribution in [1.82, 2.24) is 10.2 Å². The molecule has 2 rings (SSSR count). The van der Waals surface area contributed by atoms with Gasteiger partial charge in [-0.25, -0.2) is 4.39 Å². The van der Waals surface area contributed by atoms with Crippen LogP contribution in [0.1, 0.15) is 18.0 Å². The summed E-state index contributed by atoms with van der Waals surface area (Å²) in [5, 5.41) is 3.22. The average Bonchev–Trinajstić information content (AvgIpc) is 2.47. The third-order valence-electron chi connectivity index (χ3n) is 3.55. The van der Waals surface area contributed by atoms with Crippen LogP contribution >= 0.6 is 12.4 Å². The largest absolute Gasteiger partial charge is 0.573 e. The quantitative estimate of drug-likeness (QED) is 0.645. The van der Waals surface area contributed by atoms with Gasteiger partial charge in [0.2, 0.25) is 0 Å². The van der Waals surface area contributed by atoms with Gasteiger partial charge < -0.3 is 10.1 Å². The maximum Gasteiger partial charge on any atom is 0.573 e. The Kier molecular flexibility index (Phi) is 7.31. The minimum absolute atomic E-state index is 0. The Balaban J connectivity index is 0.00000264. The third-order valence-corrected chi connectivity index (χ3v) is 3.55. The van der Waals surface area contributed by atoms with Crippen LogP contribution in [-0.4, -0.2) is 37.4 Å². The molecular weight excluding hydrogens is 336 g/mol. The fourth-order valence-corrected chi connectivity index (χ4v) is 2.58. The van der Waals surface area contributed by atoms with Crippen molar-refractivity contribution in [2.24, 2.45) is 0 Å². The molecular formula is C15H19ClF4N2O. The molecule has 0 aliphatic carbocycles. The van der Waals surface area contributed by atoms with E-state index in [4.69, 9.17) is 0 Å². The number of nitrogens with one attached hydrogen (secondary N) is 1. The number of ether oxygens (including phenoxy) is 1. The molecule has 1 atom stereocenters. The lowest BCUT2D eigenvalue weighted by molar-refractivity contribution is -0.275. The van der Waals surface area contributed by atoms with Crippen LogP contribution in [0.3, 0.4) is 0 Å². The van der Waals surface area contributed by atoms with Crippen LogP contribution in [0, 0.1) is 5.82 Å². The zero-order valence-corrected chi connectivity index (χ0v) is 13.2. The number of rotatable bonds is 5. The van der Waals surface area contributed by atoms with E-state index in [1.165, 1.54) is 6.07 Å². The number of nitrogens with zero attached hydrogens (tertiary/aromatic N) is 1. The molecule has 0 amide bonds. The number of benzene rings is 1. The van der Waals surface area contributed by atoms with Crippen molar-refractivity contribution in [3.8, 4) is 5.75 Å². The first-order chi connectivity index (χ1) is 10.4. The maximum absolute atomic E-state index is 13.9. The molecule has 1 fully saturated rings. The van der Waals surface area contributed by atoms with Gasteiger partial charge in [-0.3, -0.25) is 4.90 Å². The predicted octanol–water partition coefficient (Wildman–Crippen LogP) is 3.67. The van der Waals surface area contributed by atoms with E-state index in [9.17, 15) is 17.6 Å². The molecule has 1 aliphatic rings. The van der Waals surface area contributed by atoms with Crippen molar-refractivity contribution >= 4 is 12.4 Å². The number of halogens is 5. The van der Waals surface area contributed by atoms with Crippen LogP contribution in [-0.2, 0) is 0 Å². The molecule has 23 heavy (non-hydrogen) atoms. The first-order valence-electron chi connectivity index (χ1n) is 7.01. The van der Waals surface area contributed by atoms with Gasteiger partial charge in [-0.15, -0.1) is 32.2 Å². The summed E-state index contributed by atoms with van der Waals surface area (Å²) < 4.78 is 54.0. The van der Waals surface area contributed by atoms with Gasteiger partial charge in [-0.2, -0.15) is 0 Å². The normalized spacial score (nSPS) is 17.2. The molecule has 8 heteroatoms. The molecule has 1 N–H and O–H groups in total. The molecule has 130 valence electrons. The molecule has 1 saturated heterocycles. The molecule has 0 spiro atoms. The SMILES string of the molecule is C=CC[C@H](c1ccc(OC(F)(F)F)c(F)c1)N1CCNCC1.Cl. The number of hydrogen-bond acceptors (Lipinski definition) is 3. The van der Waals surface area contributed by atoms with E-state index < -0.39 is 17.9 Å². The van der Waals surface area contributed by atoms with E-state index in [1.807, 2.05) is 0 Å². The first kappa shape index (κ1) is 19.7. The van der Waals surface area contributed by atoms with Crippen LogP contribution in [0.15, 0.2) is 30.9 Å². The van der Waals surface area contributed by atoms with Gasteiger partial charge in [0.15, 0.2) is 11.6 Å². The molecule has 1 aromatic rings. The molecule has 1 aliphatic heterocycles. The summed E-state index contributed by atoms with van der Waals surface area (Å²) in [6.45, 7) is 6.93. The molecule has 0 unspecified atom stereocenters. The van der Waals surface area contributed by atoms with Crippen molar-refractivity contribution in [1.29, 1.82) is 0 Å². The van der Waals surface area contributed by atoms with Crippen molar-refractivity contribution in [3.63, 3.8) is 0 Å². The molecule has 0 saturated carbocycles. The van der Waals surface area contributed by atoms with E-state index in [2.05, 4.69) is 21.5 Å². The number of alkyl halides is 3. The highest BCUT2D eigenvalue weighted by atomic mass is 35.5. The fraction of sp³-hybridized carbons (Fsp3) is 0.467. The van der Waals surface area contributed by atoms with Crippen LogP contribution < -0.4 is 10.1 Å². The summed E-state index contributed by atoms with van der Waals surface area (Å²) in [5.41, 5.74) is 0.619. The Morgan fingerprint density at radius 3 is 2.48 bits per heavy atom. The molecule has 0 bridgehead atoms. The van der Waals surface area contributed by atoms with E-state index in [-0.39, 0.29) is 18.4 Å². The zero-order valence-electron chi connectivity index (χ0n) is 12.4. The van der Waals surface area contributed by atoms with E-state index in [1.54, 1.807) is 6.08 Å². The van der Waals surface area contributed by atoms with Gasteiger partial charge in [0.05, 0.1) is 0 Å². The van der Waals surface area contributed by atoms with Crippen molar-refractivity contribution in [2.45, 2.75) is 18.8 Å². The molecule has 0 aromatic heterocycles. The van der Waals surface area contributed by atoms with Gasteiger partial charge in [0.25, 0.3) is 0 Å². The van der Waals surface area contributed by atoms with Gasteiger partial charge in [-0.05, 0) is 24.1 Å². The molecule has 3 nitrogen and oxygen atoms in total. The summed E-state index contributed by atoms with van der Waals surface area (Å²) in [4.78, 5) is 2.16. The highest BCUT2D eigenvalue weighted by Crippen LogP contribution is 2.31. The fourth-order valence-electron chi connectivity index (χ4n) is 2.58. The van der Waals surface area contributed by atoms with E-state index >= 15 is 0 Å². The molecule has 1 aromatic carbocycles. The standard InChI is InChI=1S/C15H18F4N2O.ClH/c1-2-3-13(21-8-6-20-7-9-21)11-4-5-14(12(16)10-11)22-15(17,18)19;/h2,4-5,10,13,20H,1,3,6-9H2;1H/t13-;/m1./s1. The van der Waals surface area contributed by atoms with Crippen molar-refractivity contribution in [2.75, 3.05) is 26.2 Å². The van der Waals surface area contributed by atoms with Gasteiger partial charge in [0, 0.05) is 32.2 Å². The lowest BCUT2D eigenvalue weighted by atomic mass is 10.0. The lowest BCUT2D eigenvalue weighted by Gasteiger charge is -2.34. The monoisotopic (exact) mass is 354 g/mol. The average molecular weight is 355 g/mol. The van der Waals surface area contributed by atoms with Crippen LogP contribution in [0.4, 0.5) is 17.6 Å². The highest BCUT2D eigenvalue weighted by molar-refractivity contribution is 5.85. The highest BCUT2D eigenvalue weighted by Gasteiger charge is 2.32. The van der Waals surface area contributed by atoms with Gasteiger partial charge >= 0.3 is 6.36 Å². The lowest BCUT2D eigenvalue weighted by Crippen LogP contribution is -2.45. The zero-order chi connectivity index (χ0) is 16.2. The Labute approximate surface area is 138 Å². The Morgan fingerprint density at radius 2 is 1.96 bits per heavy atom. The second-order valence-corrected chi connectivity index (χ2v) is 5.06. The number of piperazine rings is 1. The van der Waals surface area contributed by atoms with Gasteiger partial charge in [0.1, 0.15) is 0 Å². The smallest absolute Gasteiger partial charge is 0.403 e. The predicted molar refractivity (Wildman–Crippen MR) is 82.3 cm³/mol. The third kappa shape index (κ3) is 5.67. The summed E-state index contributed by atoms with van der Waals surface area (Å²) >= 11 is 0. The Hall–Kier alpha value is -1.31. The summed E-state index contributed by atoms with van der Waals surface area (Å²) in [5.74, 6) is -1.83. The minimum Gasteiger partial charge on any atom is -0.403 e. The van der Waals surface area contributed by atoms with Crippen molar-refractivity contribution < 1.29 is 22.3 Å². The van der Waals surface area contributed by atoms with Gasteiger partial charge in [-0.1, -0.05) is 12.1 Å². The molecule has 0 radical (unpaired) electrons. The van der Waals surface area contributed by atoms with E-state index in [0.29, 0.717) is 12.0 Å². The van der Waals surface area contributed by atoms with Crippen LogP contribution in [0.5, 0.6) is 5.75 Å². The second kappa shape index (κ2) is 8.52. The minimum atomic E-state index is -4.90. The Morgan fingerprint density at radius 1 is 1.30 bits per heavy atom. The topological polar surface area (TPSA) is 24.5 Å². The van der Waals surface area contributed by atoms with Crippen LogP contribution in [0.2, 0.25) is 0 Å². The van der Waals surface area contributed by atoms with E-state index in [0.717, 1.165) is 38.3 Å². The van der Waals surface area contributed by atoms with Crippen molar-refractivity contribution in [3.05, 3.63) is 42.2 Å². The summed E-state index contributed by atoms with van der Waals surface area (Å²) in [7, 11) is 0. The Bertz CT molecular complexity index is 519. The second-order valence-electron chi connectivity index (χ2n) is 5.06. The number of hydrogen-bond donors (Lipinski definition) is 1. The summed E-state index contributed by atoms with van der Waals surface area (Å²) in [6.07, 6.45) is -2.58. The summed E-state index contributed by atoms with van der Waals surface area (Å²) in [6, 6.07) is 3.50. The first-order valence-corrected chi connectivity index (χ1v) is 7.01. The van der Waals surface area contributed by atoms with Crippen LogP contribution in [0.25, 0.3) is 0 Å².